The Morgan fingerprint density at radius 2 is 2.07 bits per heavy atom. The Morgan fingerprint density at radius 1 is 1.40 bits per heavy atom. The normalized spacial score (nSPS) is 14.7. The summed E-state index contributed by atoms with van der Waals surface area (Å²) in [7, 11) is 0. The third-order valence-electron chi connectivity index (χ3n) is 2.57. The van der Waals surface area contributed by atoms with Gasteiger partial charge in [0, 0.05) is 18.2 Å². The van der Waals surface area contributed by atoms with Gasteiger partial charge in [-0.15, -0.1) is 6.58 Å². The Bertz CT molecular complexity index is 354. The van der Waals surface area contributed by atoms with E-state index in [1.54, 1.807) is 6.08 Å². The molecule has 1 aromatic rings. The van der Waals surface area contributed by atoms with E-state index in [9.17, 15) is 4.79 Å². The molecule has 0 aromatic heterocycles. The molecule has 1 aliphatic rings. The van der Waals surface area contributed by atoms with Crippen molar-refractivity contribution in [3.8, 4) is 0 Å². The predicted molar refractivity (Wildman–Crippen MR) is 61.7 cm³/mol. The van der Waals surface area contributed by atoms with Crippen LogP contribution in [0.2, 0.25) is 0 Å². The Kier molecular flexibility index (Phi) is 2.86. The first-order chi connectivity index (χ1) is 7.33. The third kappa shape index (κ3) is 2.27. The Labute approximate surface area is 90.2 Å². The maximum Gasteiger partial charge on any atom is 0.230 e. The van der Waals surface area contributed by atoms with E-state index in [1.807, 2.05) is 35.2 Å². The van der Waals surface area contributed by atoms with E-state index in [-0.39, 0.29) is 11.8 Å². The summed E-state index contributed by atoms with van der Waals surface area (Å²) in [6, 6.07) is 9.78. The Morgan fingerprint density at radius 3 is 2.60 bits per heavy atom. The lowest BCUT2D eigenvalue weighted by Crippen LogP contribution is -2.32. The highest BCUT2D eigenvalue weighted by Gasteiger charge is 2.33. The lowest BCUT2D eigenvalue weighted by Gasteiger charge is -2.21. The molecule has 0 atom stereocenters. The zero-order chi connectivity index (χ0) is 10.7. The van der Waals surface area contributed by atoms with Crippen LogP contribution in [0.4, 0.5) is 5.69 Å². The highest BCUT2D eigenvalue weighted by Crippen LogP contribution is 2.32. The number of carbonyl (C=O) groups excluding carboxylic acids is 1. The van der Waals surface area contributed by atoms with Crippen LogP contribution in [0.3, 0.4) is 0 Å². The summed E-state index contributed by atoms with van der Waals surface area (Å²) in [5, 5.41) is 0. The van der Waals surface area contributed by atoms with Gasteiger partial charge in [-0.25, -0.2) is 0 Å². The largest absolute Gasteiger partial charge is 0.308 e. The number of anilines is 1. The van der Waals surface area contributed by atoms with Crippen molar-refractivity contribution in [3.63, 3.8) is 0 Å². The number of carbonyl (C=O) groups is 1. The molecule has 78 valence electrons. The summed E-state index contributed by atoms with van der Waals surface area (Å²) < 4.78 is 0. The fourth-order valence-corrected chi connectivity index (χ4v) is 1.61. The molecule has 1 saturated carbocycles. The van der Waals surface area contributed by atoms with Gasteiger partial charge in [0.05, 0.1) is 0 Å². The quantitative estimate of drug-likeness (QED) is 0.686. The SMILES string of the molecule is C=CCN(C(=O)C1CC1)c1ccccc1. The molecule has 2 nitrogen and oxygen atoms in total. The Balaban J connectivity index is 2.18. The van der Waals surface area contributed by atoms with Crippen molar-refractivity contribution in [1.29, 1.82) is 0 Å². The first-order valence-corrected chi connectivity index (χ1v) is 5.30. The van der Waals surface area contributed by atoms with Gasteiger partial charge in [0.25, 0.3) is 0 Å². The second kappa shape index (κ2) is 4.30. The van der Waals surface area contributed by atoms with Crippen molar-refractivity contribution in [2.75, 3.05) is 11.4 Å². The highest BCUT2D eigenvalue weighted by molar-refractivity contribution is 5.96. The van der Waals surface area contributed by atoms with E-state index < -0.39 is 0 Å². The van der Waals surface area contributed by atoms with Crippen molar-refractivity contribution >= 4 is 11.6 Å². The molecule has 0 aliphatic heterocycles. The maximum atomic E-state index is 12.0. The fraction of sp³-hybridized carbons (Fsp3) is 0.308. The van der Waals surface area contributed by atoms with Crippen LogP contribution < -0.4 is 4.90 Å². The van der Waals surface area contributed by atoms with Crippen LogP contribution in [0.1, 0.15) is 12.8 Å². The zero-order valence-electron chi connectivity index (χ0n) is 8.73. The monoisotopic (exact) mass is 201 g/mol. The van der Waals surface area contributed by atoms with Gasteiger partial charge in [-0.05, 0) is 25.0 Å². The number of hydrogen-bond acceptors (Lipinski definition) is 1. The molecule has 1 fully saturated rings. The van der Waals surface area contributed by atoms with Crippen molar-refractivity contribution in [3.05, 3.63) is 43.0 Å². The number of para-hydroxylation sites is 1. The standard InChI is InChI=1S/C13H15NO/c1-2-10-14(13(15)11-8-9-11)12-6-4-3-5-7-12/h2-7,11H,1,8-10H2. The lowest BCUT2D eigenvalue weighted by molar-refractivity contribution is -0.119. The van der Waals surface area contributed by atoms with Crippen molar-refractivity contribution in [2.24, 2.45) is 5.92 Å². The molecule has 1 aromatic carbocycles. The van der Waals surface area contributed by atoms with Crippen LogP contribution in [0.25, 0.3) is 0 Å². The van der Waals surface area contributed by atoms with Gasteiger partial charge in [-0.1, -0.05) is 24.3 Å². The number of rotatable bonds is 4. The van der Waals surface area contributed by atoms with Crippen molar-refractivity contribution in [1.82, 2.24) is 0 Å². The molecule has 0 saturated heterocycles. The van der Waals surface area contributed by atoms with E-state index in [0.717, 1.165) is 18.5 Å². The molecule has 2 heteroatoms. The zero-order valence-corrected chi connectivity index (χ0v) is 8.73. The molecule has 2 rings (SSSR count). The smallest absolute Gasteiger partial charge is 0.230 e. The van der Waals surface area contributed by atoms with Crippen LogP contribution in [0.15, 0.2) is 43.0 Å². The summed E-state index contributed by atoms with van der Waals surface area (Å²) >= 11 is 0. The summed E-state index contributed by atoms with van der Waals surface area (Å²) in [4.78, 5) is 13.8. The van der Waals surface area contributed by atoms with Crippen LogP contribution >= 0.6 is 0 Å². The molecule has 15 heavy (non-hydrogen) atoms. The number of benzene rings is 1. The van der Waals surface area contributed by atoms with E-state index in [2.05, 4.69) is 6.58 Å². The highest BCUT2D eigenvalue weighted by atomic mass is 16.2. The topological polar surface area (TPSA) is 20.3 Å². The van der Waals surface area contributed by atoms with E-state index in [4.69, 9.17) is 0 Å². The molecule has 0 radical (unpaired) electrons. The molecule has 0 N–H and O–H groups in total. The van der Waals surface area contributed by atoms with Gasteiger partial charge in [-0.3, -0.25) is 4.79 Å². The predicted octanol–water partition coefficient (Wildman–Crippen LogP) is 2.62. The Hall–Kier alpha value is -1.57. The minimum atomic E-state index is 0.237. The molecular formula is C13H15NO. The fourth-order valence-electron chi connectivity index (χ4n) is 1.61. The lowest BCUT2D eigenvalue weighted by atomic mass is 10.2. The summed E-state index contributed by atoms with van der Waals surface area (Å²) in [6.07, 6.45) is 3.85. The molecule has 1 aliphatic carbocycles. The number of amides is 1. The number of nitrogens with zero attached hydrogens (tertiary/aromatic N) is 1. The second-order valence-corrected chi connectivity index (χ2v) is 3.85. The van der Waals surface area contributed by atoms with Crippen molar-refractivity contribution < 1.29 is 4.79 Å². The summed E-state index contributed by atoms with van der Waals surface area (Å²) in [5.74, 6) is 0.492. The minimum absolute atomic E-state index is 0.237. The summed E-state index contributed by atoms with van der Waals surface area (Å²) in [5.41, 5.74) is 0.967. The van der Waals surface area contributed by atoms with Crippen LogP contribution in [0, 0.1) is 5.92 Å². The average molecular weight is 201 g/mol. The molecule has 0 spiro atoms. The van der Waals surface area contributed by atoms with E-state index >= 15 is 0 Å². The van der Waals surface area contributed by atoms with Gasteiger partial charge in [0.1, 0.15) is 0 Å². The van der Waals surface area contributed by atoms with E-state index in [1.165, 1.54) is 0 Å². The van der Waals surface area contributed by atoms with Gasteiger partial charge in [0.2, 0.25) is 5.91 Å². The molecule has 1 amide bonds. The second-order valence-electron chi connectivity index (χ2n) is 3.85. The molecule has 0 bridgehead atoms. The maximum absolute atomic E-state index is 12.0. The van der Waals surface area contributed by atoms with Gasteiger partial charge in [-0.2, -0.15) is 0 Å². The molecule has 0 unspecified atom stereocenters. The van der Waals surface area contributed by atoms with Gasteiger partial charge in [0.15, 0.2) is 0 Å². The minimum Gasteiger partial charge on any atom is -0.308 e. The summed E-state index contributed by atoms with van der Waals surface area (Å²) in [6.45, 7) is 4.29. The van der Waals surface area contributed by atoms with Crippen molar-refractivity contribution in [2.45, 2.75) is 12.8 Å². The van der Waals surface area contributed by atoms with Crippen LogP contribution in [-0.2, 0) is 4.79 Å². The van der Waals surface area contributed by atoms with Crippen LogP contribution in [-0.4, -0.2) is 12.5 Å². The van der Waals surface area contributed by atoms with Gasteiger partial charge >= 0.3 is 0 Å². The average Bonchev–Trinajstić information content (AvgIpc) is 3.10. The van der Waals surface area contributed by atoms with Crippen LogP contribution in [0.5, 0.6) is 0 Å². The molecule has 0 heterocycles. The first kappa shape index (κ1) is 9.97. The number of hydrogen-bond donors (Lipinski definition) is 0. The van der Waals surface area contributed by atoms with Gasteiger partial charge < -0.3 is 4.90 Å². The molecular weight excluding hydrogens is 186 g/mol. The first-order valence-electron chi connectivity index (χ1n) is 5.30. The third-order valence-corrected chi connectivity index (χ3v) is 2.57. The van der Waals surface area contributed by atoms with E-state index in [0.29, 0.717) is 6.54 Å².